The predicted molar refractivity (Wildman–Crippen MR) is 108 cm³/mol. The highest BCUT2D eigenvalue weighted by atomic mass is 16.5. The van der Waals surface area contributed by atoms with E-state index in [0.29, 0.717) is 41.0 Å². The van der Waals surface area contributed by atoms with Crippen molar-refractivity contribution in [1.82, 2.24) is 0 Å². The predicted octanol–water partition coefficient (Wildman–Crippen LogP) is 3.77. The Hall–Kier alpha value is -3.35. The van der Waals surface area contributed by atoms with Gasteiger partial charge in [0.25, 0.3) is 0 Å². The van der Waals surface area contributed by atoms with Gasteiger partial charge in [-0.1, -0.05) is 6.07 Å². The SMILES string of the molecule is CCOc1ccc(/C=C/C(=O)Nc2cc(OC)c(OC)c(OC)c2)cc1OC. The minimum atomic E-state index is -0.304. The van der Waals surface area contributed by atoms with E-state index in [2.05, 4.69) is 5.32 Å². The number of carbonyl (C=O) groups excluding carboxylic acids is 1. The second-order valence-corrected chi connectivity index (χ2v) is 5.58. The maximum Gasteiger partial charge on any atom is 0.248 e. The van der Waals surface area contributed by atoms with Gasteiger partial charge in [0.1, 0.15) is 0 Å². The molecule has 0 aromatic heterocycles. The van der Waals surface area contributed by atoms with Crippen LogP contribution in [-0.4, -0.2) is 41.0 Å². The van der Waals surface area contributed by atoms with Gasteiger partial charge in [0.15, 0.2) is 23.0 Å². The number of hydrogen-bond donors (Lipinski definition) is 1. The van der Waals surface area contributed by atoms with Gasteiger partial charge in [-0.15, -0.1) is 0 Å². The molecule has 1 N–H and O–H groups in total. The molecule has 2 aromatic carbocycles. The molecule has 2 rings (SSSR count). The second-order valence-electron chi connectivity index (χ2n) is 5.58. The van der Waals surface area contributed by atoms with Crippen molar-refractivity contribution in [2.45, 2.75) is 6.92 Å². The Morgan fingerprint density at radius 3 is 2.07 bits per heavy atom. The summed E-state index contributed by atoms with van der Waals surface area (Å²) in [5.74, 6) is 2.33. The number of nitrogens with one attached hydrogen (secondary N) is 1. The first-order chi connectivity index (χ1) is 13.6. The largest absolute Gasteiger partial charge is 0.493 e. The lowest BCUT2D eigenvalue weighted by Crippen LogP contribution is -2.08. The first kappa shape index (κ1) is 21.0. The van der Waals surface area contributed by atoms with Gasteiger partial charge in [-0.2, -0.15) is 0 Å². The molecule has 7 nitrogen and oxygen atoms in total. The van der Waals surface area contributed by atoms with Crippen LogP contribution < -0.4 is 29.0 Å². The van der Waals surface area contributed by atoms with E-state index in [4.69, 9.17) is 23.7 Å². The highest BCUT2D eigenvalue weighted by Crippen LogP contribution is 2.39. The first-order valence-electron chi connectivity index (χ1n) is 8.66. The third kappa shape index (κ3) is 5.09. The van der Waals surface area contributed by atoms with Crippen LogP contribution in [0.4, 0.5) is 5.69 Å². The van der Waals surface area contributed by atoms with Gasteiger partial charge in [-0.3, -0.25) is 4.79 Å². The Balaban J connectivity index is 2.15. The summed E-state index contributed by atoms with van der Waals surface area (Å²) in [6.07, 6.45) is 3.11. The fraction of sp³-hybridized carbons (Fsp3) is 0.286. The number of ether oxygens (including phenoxy) is 5. The monoisotopic (exact) mass is 387 g/mol. The fourth-order valence-corrected chi connectivity index (χ4v) is 2.57. The Morgan fingerprint density at radius 1 is 0.893 bits per heavy atom. The third-order valence-corrected chi connectivity index (χ3v) is 3.85. The van der Waals surface area contributed by atoms with Crippen molar-refractivity contribution in [1.29, 1.82) is 0 Å². The minimum absolute atomic E-state index is 0.304. The van der Waals surface area contributed by atoms with Crippen LogP contribution in [0.1, 0.15) is 12.5 Å². The Morgan fingerprint density at radius 2 is 1.54 bits per heavy atom. The summed E-state index contributed by atoms with van der Waals surface area (Å²) in [6, 6.07) is 8.77. The molecule has 0 unspecified atom stereocenters. The molecule has 7 heteroatoms. The van der Waals surface area contributed by atoms with Crippen molar-refractivity contribution >= 4 is 17.7 Å². The maximum absolute atomic E-state index is 12.3. The zero-order valence-electron chi connectivity index (χ0n) is 16.7. The van der Waals surface area contributed by atoms with Crippen LogP contribution in [0.15, 0.2) is 36.4 Å². The van der Waals surface area contributed by atoms with Gasteiger partial charge in [-0.05, 0) is 30.7 Å². The smallest absolute Gasteiger partial charge is 0.248 e. The van der Waals surface area contributed by atoms with Gasteiger partial charge >= 0.3 is 0 Å². The van der Waals surface area contributed by atoms with Crippen molar-refractivity contribution in [2.75, 3.05) is 40.4 Å². The summed E-state index contributed by atoms with van der Waals surface area (Å²) in [7, 11) is 6.12. The summed E-state index contributed by atoms with van der Waals surface area (Å²) < 4.78 is 26.6. The van der Waals surface area contributed by atoms with Crippen LogP contribution in [0, 0.1) is 0 Å². The number of methoxy groups -OCH3 is 4. The number of benzene rings is 2. The molecule has 0 fully saturated rings. The highest BCUT2D eigenvalue weighted by Gasteiger charge is 2.14. The molecule has 0 aliphatic heterocycles. The molecule has 0 heterocycles. The number of amides is 1. The van der Waals surface area contributed by atoms with Crippen molar-refractivity contribution in [3.05, 3.63) is 42.0 Å². The topological polar surface area (TPSA) is 75.3 Å². The van der Waals surface area contributed by atoms with Crippen LogP contribution in [-0.2, 0) is 4.79 Å². The van der Waals surface area contributed by atoms with Crippen LogP contribution >= 0.6 is 0 Å². The van der Waals surface area contributed by atoms with Gasteiger partial charge in [-0.25, -0.2) is 0 Å². The van der Waals surface area contributed by atoms with Gasteiger partial charge in [0.05, 0.1) is 35.0 Å². The van der Waals surface area contributed by atoms with E-state index in [9.17, 15) is 4.79 Å². The lowest BCUT2D eigenvalue weighted by atomic mass is 10.2. The number of anilines is 1. The number of hydrogen-bond acceptors (Lipinski definition) is 6. The molecule has 0 aliphatic carbocycles. The Labute approximate surface area is 164 Å². The van der Waals surface area contributed by atoms with E-state index in [1.807, 2.05) is 13.0 Å². The standard InChI is InChI=1S/C21H25NO6/c1-6-28-16-9-7-14(11-17(16)24-2)8-10-20(23)22-15-12-18(25-3)21(27-5)19(13-15)26-4/h7-13H,6H2,1-5H3,(H,22,23)/b10-8+. The highest BCUT2D eigenvalue weighted by molar-refractivity contribution is 6.02. The molecule has 0 aliphatic rings. The van der Waals surface area contributed by atoms with Crippen LogP contribution in [0.2, 0.25) is 0 Å². The van der Waals surface area contributed by atoms with Crippen molar-refractivity contribution in [2.24, 2.45) is 0 Å². The molecule has 0 radical (unpaired) electrons. The Kier molecular flexibility index (Phi) is 7.56. The van der Waals surface area contributed by atoms with Crippen molar-refractivity contribution in [3.8, 4) is 28.7 Å². The molecule has 0 atom stereocenters. The normalized spacial score (nSPS) is 10.5. The average Bonchev–Trinajstić information content (AvgIpc) is 2.72. The van der Waals surface area contributed by atoms with Crippen molar-refractivity contribution in [3.63, 3.8) is 0 Å². The minimum Gasteiger partial charge on any atom is -0.493 e. The van der Waals surface area contributed by atoms with E-state index >= 15 is 0 Å². The molecular formula is C21H25NO6. The van der Waals surface area contributed by atoms with Crippen LogP contribution in [0.25, 0.3) is 6.08 Å². The lowest BCUT2D eigenvalue weighted by Gasteiger charge is -2.14. The molecule has 0 saturated heterocycles. The molecule has 1 amide bonds. The molecule has 0 spiro atoms. The van der Waals surface area contributed by atoms with Gasteiger partial charge in [0.2, 0.25) is 11.7 Å². The summed E-state index contributed by atoms with van der Waals surface area (Å²) in [5, 5.41) is 2.78. The second kappa shape index (κ2) is 10.1. The van der Waals surface area contributed by atoms with E-state index in [0.717, 1.165) is 5.56 Å². The van der Waals surface area contributed by atoms with Gasteiger partial charge < -0.3 is 29.0 Å². The lowest BCUT2D eigenvalue weighted by molar-refractivity contribution is -0.111. The van der Waals surface area contributed by atoms with Crippen LogP contribution in [0.3, 0.4) is 0 Å². The summed E-state index contributed by atoms with van der Waals surface area (Å²) in [5.41, 5.74) is 1.33. The van der Waals surface area contributed by atoms with Gasteiger partial charge in [0, 0.05) is 23.9 Å². The van der Waals surface area contributed by atoms with E-state index in [-0.39, 0.29) is 5.91 Å². The average molecular weight is 387 g/mol. The Bertz CT molecular complexity index is 822. The molecule has 0 bridgehead atoms. The zero-order chi connectivity index (χ0) is 20.5. The first-order valence-corrected chi connectivity index (χ1v) is 8.66. The summed E-state index contributed by atoms with van der Waals surface area (Å²) >= 11 is 0. The molecule has 2 aromatic rings. The molecule has 150 valence electrons. The third-order valence-electron chi connectivity index (χ3n) is 3.85. The molecular weight excluding hydrogens is 362 g/mol. The molecule has 0 saturated carbocycles. The summed E-state index contributed by atoms with van der Waals surface area (Å²) in [6.45, 7) is 2.45. The summed E-state index contributed by atoms with van der Waals surface area (Å²) in [4.78, 5) is 12.3. The zero-order valence-corrected chi connectivity index (χ0v) is 16.7. The fourth-order valence-electron chi connectivity index (χ4n) is 2.57. The number of rotatable bonds is 9. The maximum atomic E-state index is 12.3. The van der Waals surface area contributed by atoms with E-state index < -0.39 is 0 Å². The van der Waals surface area contributed by atoms with Crippen LogP contribution in [0.5, 0.6) is 28.7 Å². The quantitative estimate of drug-likeness (QED) is 0.660. The van der Waals surface area contributed by atoms with E-state index in [1.165, 1.54) is 27.4 Å². The van der Waals surface area contributed by atoms with Crippen molar-refractivity contribution < 1.29 is 28.5 Å². The molecule has 28 heavy (non-hydrogen) atoms. The number of carbonyl (C=O) groups is 1. The van der Waals surface area contributed by atoms with E-state index in [1.54, 1.807) is 37.5 Å².